The number of aryl methyl sites for hydroxylation is 1. The molecule has 0 amide bonds. The van der Waals surface area contributed by atoms with Gasteiger partial charge < -0.3 is 15.9 Å². The molecule has 17 heavy (non-hydrogen) atoms. The second-order valence-electron chi connectivity index (χ2n) is 3.77. The number of aliphatic carboxylic acids is 1. The third kappa shape index (κ3) is 3.65. The highest BCUT2D eigenvalue weighted by molar-refractivity contribution is 5.74. The molecule has 0 aliphatic heterocycles. The second-order valence-corrected chi connectivity index (χ2v) is 3.77. The molecular formula is C10H16N4O3. The maximum Gasteiger partial charge on any atom is 0.323 e. The molecule has 0 aliphatic rings. The van der Waals surface area contributed by atoms with Crippen molar-refractivity contribution in [3.63, 3.8) is 0 Å². The van der Waals surface area contributed by atoms with E-state index in [0.29, 0.717) is 17.2 Å². The molecule has 0 fully saturated rings. The summed E-state index contributed by atoms with van der Waals surface area (Å²) in [5, 5.41) is 20.8. The summed E-state index contributed by atoms with van der Waals surface area (Å²) in [6.07, 6.45) is 0.533. The smallest absolute Gasteiger partial charge is 0.323 e. The summed E-state index contributed by atoms with van der Waals surface area (Å²) < 4.78 is 0. The first-order chi connectivity index (χ1) is 7.91. The average Bonchev–Trinajstić information content (AvgIpc) is 2.20. The quantitative estimate of drug-likeness (QED) is 0.536. The molecule has 1 aromatic heterocycles. The lowest BCUT2D eigenvalue weighted by molar-refractivity contribution is -0.142. The fourth-order valence-corrected chi connectivity index (χ4v) is 1.33. The molecule has 7 nitrogen and oxygen atoms in total. The number of carbonyl (C=O) groups is 1. The molecule has 2 unspecified atom stereocenters. The second kappa shape index (κ2) is 5.55. The van der Waals surface area contributed by atoms with Gasteiger partial charge in [0.25, 0.3) is 0 Å². The van der Waals surface area contributed by atoms with Gasteiger partial charge in [-0.25, -0.2) is 9.97 Å². The monoisotopic (exact) mass is 240 g/mol. The predicted molar refractivity (Wildman–Crippen MR) is 61.1 cm³/mol. The number of carboxylic acids is 1. The first kappa shape index (κ1) is 13.3. The van der Waals surface area contributed by atoms with Crippen molar-refractivity contribution in [1.82, 2.24) is 15.3 Å². The van der Waals surface area contributed by atoms with Crippen LogP contribution in [0.2, 0.25) is 0 Å². The van der Waals surface area contributed by atoms with E-state index in [1.54, 1.807) is 6.92 Å². The van der Waals surface area contributed by atoms with Crippen molar-refractivity contribution in [2.45, 2.75) is 32.5 Å². The summed E-state index contributed by atoms with van der Waals surface area (Å²) in [5.41, 5.74) is 6.26. The minimum Gasteiger partial charge on any atom is -0.480 e. The normalized spacial score (nSPS) is 14.3. The van der Waals surface area contributed by atoms with Crippen molar-refractivity contribution < 1.29 is 15.0 Å². The van der Waals surface area contributed by atoms with Crippen LogP contribution in [0.5, 0.6) is 0 Å². The molecule has 2 atom stereocenters. The Balaban J connectivity index is 2.69. The molecule has 0 bridgehead atoms. The zero-order chi connectivity index (χ0) is 13.0. The van der Waals surface area contributed by atoms with Gasteiger partial charge in [-0.15, -0.1) is 0 Å². The van der Waals surface area contributed by atoms with E-state index in [9.17, 15) is 9.90 Å². The minimum atomic E-state index is -1.12. The summed E-state index contributed by atoms with van der Waals surface area (Å²) in [4.78, 5) is 18.7. The lowest BCUT2D eigenvalue weighted by Gasteiger charge is -2.17. The van der Waals surface area contributed by atoms with Crippen molar-refractivity contribution in [3.8, 4) is 0 Å². The number of hydrogen-bond acceptors (Lipinski definition) is 6. The lowest BCUT2D eigenvalue weighted by atomic mass is 10.1. The first-order valence-corrected chi connectivity index (χ1v) is 5.14. The third-order valence-electron chi connectivity index (χ3n) is 2.28. The van der Waals surface area contributed by atoms with Crippen molar-refractivity contribution in [2.24, 2.45) is 0 Å². The zero-order valence-electron chi connectivity index (χ0n) is 9.71. The number of carboxylic acid groups (broad SMARTS) is 1. The maximum atomic E-state index is 10.8. The van der Waals surface area contributed by atoms with Crippen LogP contribution < -0.4 is 11.1 Å². The number of hydrogen-bond donors (Lipinski definition) is 4. The Labute approximate surface area is 98.7 Å². The van der Waals surface area contributed by atoms with E-state index in [1.807, 2.05) is 0 Å². The summed E-state index contributed by atoms with van der Waals surface area (Å²) >= 11 is 0. The Morgan fingerprint density at radius 2 is 2.29 bits per heavy atom. The zero-order valence-corrected chi connectivity index (χ0v) is 9.71. The van der Waals surface area contributed by atoms with E-state index < -0.39 is 18.1 Å². The minimum absolute atomic E-state index is 0.188. The fraction of sp³-hybridized carbons (Fsp3) is 0.500. The molecule has 7 heteroatoms. The summed E-state index contributed by atoms with van der Waals surface area (Å²) in [5.74, 6) is -0.261. The molecule has 94 valence electrons. The SMILES string of the molecule is Cc1ncc(CNC(C(=O)O)C(C)O)c(N)n1. The van der Waals surface area contributed by atoms with Crippen molar-refractivity contribution in [1.29, 1.82) is 0 Å². The Hall–Kier alpha value is -1.73. The summed E-state index contributed by atoms with van der Waals surface area (Å²) in [7, 11) is 0. The number of aromatic nitrogens is 2. The van der Waals surface area contributed by atoms with Crippen molar-refractivity contribution in [3.05, 3.63) is 17.6 Å². The van der Waals surface area contributed by atoms with Gasteiger partial charge in [0.2, 0.25) is 0 Å². The Kier molecular flexibility index (Phi) is 4.36. The van der Waals surface area contributed by atoms with E-state index in [1.165, 1.54) is 13.1 Å². The third-order valence-corrected chi connectivity index (χ3v) is 2.28. The van der Waals surface area contributed by atoms with Crippen LogP contribution in [0.15, 0.2) is 6.20 Å². The van der Waals surface area contributed by atoms with Gasteiger partial charge in [0.1, 0.15) is 17.7 Å². The number of nitrogen functional groups attached to an aromatic ring is 1. The molecule has 0 radical (unpaired) electrons. The first-order valence-electron chi connectivity index (χ1n) is 5.14. The molecule has 0 spiro atoms. The van der Waals surface area contributed by atoms with Gasteiger partial charge in [0, 0.05) is 18.3 Å². The standard InChI is InChI=1S/C10H16N4O3/c1-5(15)8(10(16)17)13-4-7-3-12-6(2)14-9(7)11/h3,5,8,13,15H,4H2,1-2H3,(H,16,17)(H2,11,12,14). The van der Waals surface area contributed by atoms with Crippen LogP contribution in [0, 0.1) is 6.92 Å². The number of aliphatic hydroxyl groups excluding tert-OH is 1. The molecule has 0 aliphatic carbocycles. The van der Waals surface area contributed by atoms with Crippen LogP contribution in [-0.2, 0) is 11.3 Å². The molecule has 1 rings (SSSR count). The predicted octanol–water partition coefficient (Wildman–Crippen LogP) is -0.709. The van der Waals surface area contributed by atoms with E-state index >= 15 is 0 Å². The molecule has 0 aromatic carbocycles. The molecule has 1 heterocycles. The van der Waals surface area contributed by atoms with Gasteiger partial charge in [-0.3, -0.25) is 10.1 Å². The number of aliphatic hydroxyl groups is 1. The maximum absolute atomic E-state index is 10.8. The van der Waals surface area contributed by atoms with E-state index in [4.69, 9.17) is 10.8 Å². The number of nitrogens with one attached hydrogen (secondary N) is 1. The Morgan fingerprint density at radius 3 is 2.76 bits per heavy atom. The van der Waals surface area contributed by atoms with Crippen LogP contribution in [0.25, 0.3) is 0 Å². The Morgan fingerprint density at radius 1 is 1.65 bits per heavy atom. The number of nitrogens with two attached hydrogens (primary N) is 1. The molecule has 0 saturated heterocycles. The van der Waals surface area contributed by atoms with Gasteiger partial charge >= 0.3 is 5.97 Å². The highest BCUT2D eigenvalue weighted by atomic mass is 16.4. The topological polar surface area (TPSA) is 121 Å². The summed E-state index contributed by atoms with van der Waals surface area (Å²) in [6, 6.07) is -1.05. The molecule has 5 N–H and O–H groups in total. The number of rotatable bonds is 5. The largest absolute Gasteiger partial charge is 0.480 e. The van der Waals surface area contributed by atoms with Gasteiger partial charge in [-0.05, 0) is 13.8 Å². The van der Waals surface area contributed by atoms with Crippen LogP contribution in [0.3, 0.4) is 0 Å². The van der Waals surface area contributed by atoms with Crippen LogP contribution in [0.1, 0.15) is 18.3 Å². The van der Waals surface area contributed by atoms with Gasteiger partial charge in [-0.2, -0.15) is 0 Å². The number of nitrogens with zero attached hydrogens (tertiary/aromatic N) is 2. The molecular weight excluding hydrogens is 224 g/mol. The number of anilines is 1. The van der Waals surface area contributed by atoms with Gasteiger partial charge in [0.15, 0.2) is 0 Å². The van der Waals surface area contributed by atoms with Crippen LogP contribution >= 0.6 is 0 Å². The van der Waals surface area contributed by atoms with E-state index in [0.717, 1.165) is 0 Å². The van der Waals surface area contributed by atoms with E-state index in [2.05, 4.69) is 15.3 Å². The van der Waals surface area contributed by atoms with E-state index in [-0.39, 0.29) is 6.54 Å². The Bertz CT molecular complexity index is 409. The molecule has 1 aromatic rings. The highest BCUT2D eigenvalue weighted by Gasteiger charge is 2.22. The average molecular weight is 240 g/mol. The van der Waals surface area contributed by atoms with Crippen LogP contribution in [0.4, 0.5) is 5.82 Å². The lowest BCUT2D eigenvalue weighted by Crippen LogP contribution is -2.44. The van der Waals surface area contributed by atoms with Gasteiger partial charge in [0.05, 0.1) is 6.10 Å². The molecule has 0 saturated carbocycles. The highest BCUT2D eigenvalue weighted by Crippen LogP contribution is 2.07. The van der Waals surface area contributed by atoms with Crippen molar-refractivity contribution >= 4 is 11.8 Å². The fourth-order valence-electron chi connectivity index (χ4n) is 1.33. The summed E-state index contributed by atoms with van der Waals surface area (Å²) in [6.45, 7) is 3.30. The van der Waals surface area contributed by atoms with Crippen molar-refractivity contribution in [2.75, 3.05) is 5.73 Å². The van der Waals surface area contributed by atoms with Crippen LogP contribution in [-0.4, -0.2) is 38.3 Å². The van der Waals surface area contributed by atoms with Gasteiger partial charge in [-0.1, -0.05) is 0 Å².